The zero-order valence-electron chi connectivity index (χ0n) is 11.9. The number of hydrogen-bond acceptors (Lipinski definition) is 3. The van der Waals surface area contributed by atoms with E-state index in [0.717, 1.165) is 13.1 Å². The molecule has 5 nitrogen and oxygen atoms in total. The Bertz CT molecular complexity index is 400. The Morgan fingerprint density at radius 2 is 2.42 bits per heavy atom. The first-order valence-electron chi connectivity index (χ1n) is 7.04. The molecule has 1 saturated heterocycles. The quantitative estimate of drug-likeness (QED) is 0.839. The molecule has 1 atom stereocenters. The Balaban J connectivity index is 1.71. The summed E-state index contributed by atoms with van der Waals surface area (Å²) in [6.45, 7) is 6.99. The van der Waals surface area contributed by atoms with Crippen LogP contribution in [0, 0.1) is 5.41 Å². The van der Waals surface area contributed by atoms with Gasteiger partial charge in [0.25, 0.3) is 0 Å². The van der Waals surface area contributed by atoms with E-state index in [0.29, 0.717) is 19.0 Å². The van der Waals surface area contributed by atoms with Gasteiger partial charge in [-0.25, -0.2) is 4.98 Å². The summed E-state index contributed by atoms with van der Waals surface area (Å²) in [5.41, 5.74) is 0.260. The van der Waals surface area contributed by atoms with E-state index in [9.17, 15) is 4.79 Å². The van der Waals surface area contributed by atoms with Gasteiger partial charge in [-0.3, -0.25) is 4.79 Å². The highest BCUT2D eigenvalue weighted by Crippen LogP contribution is 2.29. The molecule has 0 aliphatic carbocycles. The van der Waals surface area contributed by atoms with Gasteiger partial charge >= 0.3 is 0 Å². The summed E-state index contributed by atoms with van der Waals surface area (Å²) >= 11 is 0. The van der Waals surface area contributed by atoms with Crippen LogP contribution in [0.1, 0.15) is 33.1 Å². The lowest BCUT2D eigenvalue weighted by Gasteiger charge is -2.39. The number of imidazole rings is 1. The minimum Gasteiger partial charge on any atom is -0.354 e. The van der Waals surface area contributed by atoms with Crippen LogP contribution in [0.2, 0.25) is 0 Å². The SMILES string of the molecule is CC1(C)CCCNC1CNC(=O)CCn1ccnc1. The van der Waals surface area contributed by atoms with Crippen molar-refractivity contribution in [2.45, 2.75) is 45.7 Å². The molecule has 1 aromatic rings. The molecular formula is C14H24N4O. The van der Waals surface area contributed by atoms with Crippen LogP contribution in [-0.4, -0.2) is 34.6 Å². The summed E-state index contributed by atoms with van der Waals surface area (Å²) in [4.78, 5) is 15.8. The van der Waals surface area contributed by atoms with Crippen molar-refractivity contribution in [2.75, 3.05) is 13.1 Å². The van der Waals surface area contributed by atoms with Gasteiger partial charge in [-0.1, -0.05) is 13.8 Å². The highest BCUT2D eigenvalue weighted by Gasteiger charge is 2.31. The molecule has 0 saturated carbocycles. The molecule has 19 heavy (non-hydrogen) atoms. The highest BCUT2D eigenvalue weighted by molar-refractivity contribution is 5.75. The molecule has 1 fully saturated rings. The minimum atomic E-state index is 0.108. The molecule has 1 aromatic heterocycles. The second-order valence-electron chi connectivity index (χ2n) is 5.95. The lowest BCUT2D eigenvalue weighted by Crippen LogP contribution is -2.52. The van der Waals surface area contributed by atoms with Crippen molar-refractivity contribution in [3.05, 3.63) is 18.7 Å². The predicted molar refractivity (Wildman–Crippen MR) is 74.7 cm³/mol. The maximum Gasteiger partial charge on any atom is 0.221 e. The lowest BCUT2D eigenvalue weighted by molar-refractivity contribution is -0.121. The second kappa shape index (κ2) is 6.19. The fourth-order valence-electron chi connectivity index (χ4n) is 2.57. The van der Waals surface area contributed by atoms with Gasteiger partial charge in [0.2, 0.25) is 5.91 Å². The third-order valence-electron chi connectivity index (χ3n) is 3.99. The maximum atomic E-state index is 11.8. The largest absolute Gasteiger partial charge is 0.354 e. The number of aryl methyl sites for hydroxylation is 1. The summed E-state index contributed by atoms with van der Waals surface area (Å²) in [6, 6.07) is 0.374. The normalized spacial score (nSPS) is 22.1. The van der Waals surface area contributed by atoms with Crippen LogP contribution in [0.25, 0.3) is 0 Å². The maximum absolute atomic E-state index is 11.8. The average Bonchev–Trinajstić information content (AvgIpc) is 2.87. The van der Waals surface area contributed by atoms with Gasteiger partial charge in [0.05, 0.1) is 6.33 Å². The van der Waals surface area contributed by atoms with Crippen molar-refractivity contribution >= 4 is 5.91 Å². The highest BCUT2D eigenvalue weighted by atomic mass is 16.1. The molecule has 1 unspecified atom stereocenters. The lowest BCUT2D eigenvalue weighted by atomic mass is 9.77. The average molecular weight is 264 g/mol. The standard InChI is InChI=1S/C14H24N4O/c1-14(2)5-3-6-16-12(14)10-17-13(19)4-8-18-9-7-15-11-18/h7,9,11-12,16H,3-6,8,10H2,1-2H3,(H,17,19). The topological polar surface area (TPSA) is 58.9 Å². The van der Waals surface area contributed by atoms with Crippen molar-refractivity contribution in [1.82, 2.24) is 20.2 Å². The third-order valence-corrected chi connectivity index (χ3v) is 3.99. The Morgan fingerprint density at radius 1 is 1.58 bits per heavy atom. The Hall–Kier alpha value is -1.36. The van der Waals surface area contributed by atoms with Crippen LogP contribution in [-0.2, 0) is 11.3 Å². The number of carbonyl (C=O) groups is 1. The first-order valence-corrected chi connectivity index (χ1v) is 7.04. The first kappa shape index (κ1) is 14.1. The van der Waals surface area contributed by atoms with E-state index in [1.165, 1.54) is 12.8 Å². The summed E-state index contributed by atoms with van der Waals surface area (Å²) in [5, 5.41) is 6.54. The predicted octanol–water partition coefficient (Wildman–Crippen LogP) is 1.17. The molecule has 106 valence electrons. The zero-order valence-corrected chi connectivity index (χ0v) is 11.9. The van der Waals surface area contributed by atoms with E-state index in [1.807, 2.05) is 10.8 Å². The van der Waals surface area contributed by atoms with Gasteiger partial charge in [-0.15, -0.1) is 0 Å². The van der Waals surface area contributed by atoms with Crippen LogP contribution in [0.4, 0.5) is 0 Å². The Kier molecular flexibility index (Phi) is 4.58. The zero-order chi connectivity index (χ0) is 13.7. The molecule has 2 rings (SSSR count). The van der Waals surface area contributed by atoms with Gasteiger partial charge in [0, 0.05) is 37.9 Å². The van der Waals surface area contributed by atoms with E-state index in [-0.39, 0.29) is 11.3 Å². The number of hydrogen-bond donors (Lipinski definition) is 2. The fourth-order valence-corrected chi connectivity index (χ4v) is 2.57. The summed E-state index contributed by atoms with van der Waals surface area (Å²) < 4.78 is 1.92. The number of nitrogens with one attached hydrogen (secondary N) is 2. The van der Waals surface area contributed by atoms with E-state index in [4.69, 9.17) is 0 Å². The number of nitrogens with zero attached hydrogens (tertiary/aromatic N) is 2. The first-order chi connectivity index (χ1) is 9.08. The van der Waals surface area contributed by atoms with Gasteiger partial charge in [-0.05, 0) is 24.8 Å². The van der Waals surface area contributed by atoms with Gasteiger partial charge in [-0.2, -0.15) is 0 Å². The fraction of sp³-hybridized carbons (Fsp3) is 0.714. The van der Waals surface area contributed by atoms with Gasteiger partial charge < -0.3 is 15.2 Å². The molecule has 1 amide bonds. The smallest absolute Gasteiger partial charge is 0.221 e. The minimum absolute atomic E-state index is 0.108. The van der Waals surface area contributed by atoms with Crippen LogP contribution < -0.4 is 10.6 Å². The van der Waals surface area contributed by atoms with Crippen molar-refractivity contribution in [3.63, 3.8) is 0 Å². The summed E-state index contributed by atoms with van der Waals surface area (Å²) in [7, 11) is 0. The summed E-state index contributed by atoms with van der Waals surface area (Å²) in [5.74, 6) is 0.108. The number of piperidine rings is 1. The molecule has 5 heteroatoms. The second-order valence-corrected chi connectivity index (χ2v) is 5.95. The molecule has 0 radical (unpaired) electrons. The number of carbonyl (C=O) groups excluding carboxylic acids is 1. The van der Waals surface area contributed by atoms with Crippen LogP contribution in [0.5, 0.6) is 0 Å². The Labute approximate surface area is 114 Å². The van der Waals surface area contributed by atoms with Crippen molar-refractivity contribution in [3.8, 4) is 0 Å². The molecule has 1 aliphatic heterocycles. The van der Waals surface area contributed by atoms with Crippen LogP contribution in [0.3, 0.4) is 0 Å². The number of amides is 1. The monoisotopic (exact) mass is 264 g/mol. The van der Waals surface area contributed by atoms with Crippen molar-refractivity contribution in [1.29, 1.82) is 0 Å². The molecule has 1 aliphatic rings. The molecule has 0 aromatic carbocycles. The van der Waals surface area contributed by atoms with Crippen LogP contribution >= 0.6 is 0 Å². The molecule has 0 spiro atoms. The van der Waals surface area contributed by atoms with E-state index < -0.39 is 0 Å². The molecule has 2 heterocycles. The van der Waals surface area contributed by atoms with E-state index in [2.05, 4.69) is 29.5 Å². The van der Waals surface area contributed by atoms with Crippen LogP contribution in [0.15, 0.2) is 18.7 Å². The van der Waals surface area contributed by atoms with Crippen molar-refractivity contribution in [2.24, 2.45) is 5.41 Å². The van der Waals surface area contributed by atoms with Gasteiger partial charge in [0.1, 0.15) is 0 Å². The van der Waals surface area contributed by atoms with E-state index >= 15 is 0 Å². The van der Waals surface area contributed by atoms with Crippen molar-refractivity contribution < 1.29 is 4.79 Å². The number of rotatable bonds is 5. The van der Waals surface area contributed by atoms with E-state index in [1.54, 1.807) is 12.5 Å². The molecule has 2 N–H and O–H groups in total. The Morgan fingerprint density at radius 3 is 3.11 bits per heavy atom. The molecular weight excluding hydrogens is 240 g/mol. The summed E-state index contributed by atoms with van der Waals surface area (Å²) in [6.07, 6.45) is 8.28. The van der Waals surface area contributed by atoms with Gasteiger partial charge in [0.15, 0.2) is 0 Å². The third kappa shape index (κ3) is 4.06. The molecule has 0 bridgehead atoms. The number of aromatic nitrogens is 2.